The molecular formula is C47H83NO7. The third-order valence-corrected chi connectivity index (χ3v) is 9.73. The number of carboxylic acid groups (broad SMARTS) is 1. The Morgan fingerprint density at radius 1 is 0.582 bits per heavy atom. The lowest BCUT2D eigenvalue weighted by Crippen LogP contribution is -2.55. The fourth-order valence-electron chi connectivity index (χ4n) is 6.31. The van der Waals surface area contributed by atoms with Gasteiger partial charge in [-0.2, -0.15) is 0 Å². The van der Waals surface area contributed by atoms with Gasteiger partial charge in [0.2, 0.25) is 0 Å². The molecule has 0 aromatic rings. The maximum Gasteiger partial charge on any atom is 0.310 e. The number of hydrogen-bond donors (Lipinski definition) is 0. The van der Waals surface area contributed by atoms with Crippen molar-refractivity contribution in [3.05, 3.63) is 48.6 Å². The van der Waals surface area contributed by atoms with Gasteiger partial charge in [-0.1, -0.05) is 159 Å². The molecule has 0 radical (unpaired) electrons. The molecule has 0 saturated heterocycles. The van der Waals surface area contributed by atoms with Crippen LogP contribution in [0.15, 0.2) is 48.6 Å². The lowest BCUT2D eigenvalue weighted by molar-refractivity contribution is -0.889. The molecule has 8 heteroatoms. The van der Waals surface area contributed by atoms with Crippen molar-refractivity contribution in [1.29, 1.82) is 0 Å². The standard InChI is InChI=1S/C47H83NO7/c1-6-8-10-12-14-16-17-18-19-20-21-22-23-24-25-26-27-28-30-31-33-35-37-45(49)54-42-43(41-53-40-39-44(47(51)52)48(3,4)5)55-46(50)38-36-34-32-29-15-13-11-9-7-2/h9,11,15,23-24,29,34,36,43-44H,6-8,10,12-14,16-22,25-28,30-33,35,37-42H2,1-5H3/b11-9+,24-23+,29-15+,36-34+. The summed E-state index contributed by atoms with van der Waals surface area (Å²) in [5.74, 6) is -1.89. The molecule has 2 unspecified atom stereocenters. The highest BCUT2D eigenvalue weighted by atomic mass is 16.6. The Kier molecular flexibility index (Phi) is 36.3. The van der Waals surface area contributed by atoms with Crippen molar-refractivity contribution in [1.82, 2.24) is 0 Å². The number of carbonyl (C=O) groups excluding carboxylic acids is 3. The van der Waals surface area contributed by atoms with Crippen LogP contribution >= 0.6 is 0 Å². The Morgan fingerprint density at radius 3 is 1.58 bits per heavy atom. The summed E-state index contributed by atoms with van der Waals surface area (Å²) < 4.78 is 17.0. The van der Waals surface area contributed by atoms with E-state index in [-0.39, 0.29) is 43.1 Å². The van der Waals surface area contributed by atoms with Crippen LogP contribution in [0.5, 0.6) is 0 Å². The number of quaternary nitrogens is 1. The van der Waals surface area contributed by atoms with E-state index in [2.05, 4.69) is 44.2 Å². The number of allylic oxidation sites excluding steroid dienone is 7. The zero-order chi connectivity index (χ0) is 40.7. The van der Waals surface area contributed by atoms with E-state index < -0.39 is 24.1 Å². The second-order valence-electron chi connectivity index (χ2n) is 15.9. The van der Waals surface area contributed by atoms with Crippen molar-refractivity contribution in [2.24, 2.45) is 0 Å². The summed E-state index contributed by atoms with van der Waals surface area (Å²) in [6, 6.07) is -0.739. The summed E-state index contributed by atoms with van der Waals surface area (Å²) in [6.45, 7) is 4.43. The minimum absolute atomic E-state index is 0.00283. The minimum atomic E-state index is -1.14. The van der Waals surface area contributed by atoms with Crippen LogP contribution in [0.2, 0.25) is 0 Å². The first kappa shape index (κ1) is 52.3. The Hall–Kier alpha value is -2.71. The fraction of sp³-hybridized carbons (Fsp3) is 0.766. The van der Waals surface area contributed by atoms with E-state index >= 15 is 0 Å². The van der Waals surface area contributed by atoms with Gasteiger partial charge in [-0.25, -0.2) is 0 Å². The van der Waals surface area contributed by atoms with Crippen molar-refractivity contribution >= 4 is 17.9 Å². The zero-order valence-corrected chi connectivity index (χ0v) is 36.1. The Balaban J connectivity index is 4.23. The van der Waals surface area contributed by atoms with E-state index in [1.54, 1.807) is 27.2 Å². The average Bonchev–Trinajstić information content (AvgIpc) is 3.14. The number of nitrogens with zero attached hydrogens (tertiary/aromatic N) is 1. The number of likely N-dealkylation sites (N-methyl/N-ethyl adjacent to an activating group) is 1. The van der Waals surface area contributed by atoms with Gasteiger partial charge < -0.3 is 28.6 Å². The number of carboxylic acids is 1. The van der Waals surface area contributed by atoms with Crippen molar-refractivity contribution in [3.8, 4) is 0 Å². The first-order valence-corrected chi connectivity index (χ1v) is 22.2. The summed E-state index contributed by atoms with van der Waals surface area (Å²) >= 11 is 0. The lowest BCUT2D eigenvalue weighted by atomic mass is 10.0. The summed E-state index contributed by atoms with van der Waals surface area (Å²) in [4.78, 5) is 36.6. The van der Waals surface area contributed by atoms with Crippen LogP contribution in [0.25, 0.3) is 0 Å². The third kappa shape index (κ3) is 36.7. The van der Waals surface area contributed by atoms with Crippen LogP contribution in [-0.4, -0.2) is 75.5 Å². The maximum atomic E-state index is 12.6. The number of ether oxygens (including phenoxy) is 3. The lowest BCUT2D eigenvalue weighted by Gasteiger charge is -2.34. The third-order valence-electron chi connectivity index (χ3n) is 9.73. The Labute approximate surface area is 337 Å². The molecule has 0 heterocycles. The van der Waals surface area contributed by atoms with Gasteiger partial charge >= 0.3 is 11.9 Å². The second kappa shape index (κ2) is 38.2. The van der Waals surface area contributed by atoms with Crippen molar-refractivity contribution in [2.75, 3.05) is 41.0 Å². The van der Waals surface area contributed by atoms with Crippen molar-refractivity contribution in [2.45, 2.75) is 193 Å². The molecule has 0 spiro atoms. The molecule has 2 atom stereocenters. The highest BCUT2D eigenvalue weighted by Crippen LogP contribution is 2.14. The minimum Gasteiger partial charge on any atom is -0.544 e. The topological polar surface area (TPSA) is 102 Å². The predicted octanol–water partition coefficient (Wildman–Crippen LogP) is 10.7. The predicted molar refractivity (Wildman–Crippen MR) is 226 cm³/mol. The van der Waals surface area contributed by atoms with Crippen LogP contribution in [-0.2, 0) is 28.6 Å². The highest BCUT2D eigenvalue weighted by Gasteiger charge is 2.25. The summed E-state index contributed by atoms with van der Waals surface area (Å²) in [7, 11) is 5.37. The molecule has 0 bridgehead atoms. The molecular weight excluding hydrogens is 691 g/mol. The molecule has 0 aromatic heterocycles. The quantitative estimate of drug-likeness (QED) is 0.0265. The van der Waals surface area contributed by atoms with Crippen LogP contribution in [0.4, 0.5) is 0 Å². The molecule has 55 heavy (non-hydrogen) atoms. The van der Waals surface area contributed by atoms with E-state index in [0.717, 1.165) is 38.5 Å². The fourth-order valence-corrected chi connectivity index (χ4v) is 6.31. The van der Waals surface area contributed by atoms with Gasteiger partial charge in [0.15, 0.2) is 6.10 Å². The van der Waals surface area contributed by atoms with Gasteiger partial charge in [0, 0.05) is 12.8 Å². The van der Waals surface area contributed by atoms with E-state index in [0.29, 0.717) is 6.42 Å². The van der Waals surface area contributed by atoms with Crippen LogP contribution in [0.3, 0.4) is 0 Å². The van der Waals surface area contributed by atoms with Gasteiger partial charge in [0.1, 0.15) is 12.6 Å². The first-order chi connectivity index (χ1) is 26.6. The molecule has 8 nitrogen and oxygen atoms in total. The van der Waals surface area contributed by atoms with Crippen LogP contribution in [0, 0.1) is 0 Å². The van der Waals surface area contributed by atoms with Gasteiger partial charge in [-0.05, 0) is 51.4 Å². The summed E-state index contributed by atoms with van der Waals surface area (Å²) in [5, 5.41) is 11.6. The summed E-state index contributed by atoms with van der Waals surface area (Å²) in [6.07, 6.45) is 44.8. The Bertz CT molecular complexity index is 1040. The van der Waals surface area contributed by atoms with Gasteiger partial charge in [-0.3, -0.25) is 9.59 Å². The van der Waals surface area contributed by atoms with Crippen molar-refractivity contribution in [3.63, 3.8) is 0 Å². The Morgan fingerprint density at radius 2 is 1.07 bits per heavy atom. The monoisotopic (exact) mass is 774 g/mol. The SMILES string of the molecule is CC/C=C/C/C=C/C/C=C/CC(=O)OC(COCCC(C(=O)[O-])[N+](C)(C)C)COC(=O)CCCCCCCCC/C=C/CCCCCCCCCCCCC. The van der Waals surface area contributed by atoms with Gasteiger partial charge in [-0.15, -0.1) is 0 Å². The zero-order valence-electron chi connectivity index (χ0n) is 36.1. The van der Waals surface area contributed by atoms with E-state index in [9.17, 15) is 19.5 Å². The van der Waals surface area contributed by atoms with Crippen LogP contribution < -0.4 is 5.11 Å². The molecule has 0 saturated carbocycles. The molecule has 0 aromatic carbocycles. The summed E-state index contributed by atoms with van der Waals surface area (Å²) in [5.41, 5.74) is 0. The van der Waals surface area contributed by atoms with Crippen LogP contribution in [0.1, 0.15) is 181 Å². The van der Waals surface area contributed by atoms with E-state index in [1.165, 1.54) is 109 Å². The van der Waals surface area contributed by atoms with Gasteiger partial charge in [0.25, 0.3) is 0 Å². The van der Waals surface area contributed by atoms with Gasteiger partial charge in [0.05, 0.1) is 46.7 Å². The van der Waals surface area contributed by atoms with E-state index in [4.69, 9.17) is 14.2 Å². The number of aliphatic carboxylic acids is 1. The van der Waals surface area contributed by atoms with Crippen molar-refractivity contribution < 1.29 is 38.2 Å². The number of esters is 2. The second-order valence-corrected chi connectivity index (χ2v) is 15.9. The highest BCUT2D eigenvalue weighted by molar-refractivity contribution is 5.71. The number of rotatable bonds is 39. The normalized spacial score (nSPS) is 13.4. The molecule has 0 fully saturated rings. The smallest absolute Gasteiger partial charge is 0.310 e. The first-order valence-electron chi connectivity index (χ1n) is 22.2. The maximum absolute atomic E-state index is 12.6. The number of carbonyl (C=O) groups is 3. The molecule has 0 amide bonds. The number of unbranched alkanes of at least 4 members (excludes halogenated alkanes) is 18. The van der Waals surface area contributed by atoms with E-state index in [1.807, 2.05) is 12.2 Å². The molecule has 0 aliphatic rings. The molecule has 0 aliphatic heterocycles. The molecule has 318 valence electrons. The molecule has 0 rings (SSSR count). The number of hydrogen-bond acceptors (Lipinski definition) is 7. The molecule has 0 aliphatic carbocycles. The average molecular weight is 774 g/mol. The largest absolute Gasteiger partial charge is 0.544 e. The molecule has 0 N–H and O–H groups in total.